The van der Waals surface area contributed by atoms with E-state index in [9.17, 15) is 40.7 Å². The molecule has 0 saturated carbocycles. The average Bonchev–Trinajstić information content (AvgIpc) is 2.58. The van der Waals surface area contributed by atoms with Crippen LogP contribution in [0.4, 0.5) is 26.3 Å². The van der Waals surface area contributed by atoms with E-state index in [0.717, 1.165) is 12.2 Å². The number of hydrogen-bond acceptors (Lipinski definition) is 4. The molecule has 1 aromatic rings. The Labute approximate surface area is 160 Å². The highest BCUT2D eigenvalue weighted by molar-refractivity contribution is 5.97. The predicted molar refractivity (Wildman–Crippen MR) is 85.7 cm³/mol. The zero-order valence-electron chi connectivity index (χ0n) is 14.7. The number of halogens is 6. The van der Waals surface area contributed by atoms with Gasteiger partial charge in [-0.2, -0.15) is 26.3 Å². The van der Waals surface area contributed by atoms with Crippen LogP contribution in [0.1, 0.15) is 34.8 Å². The molecule has 1 amide bonds. The van der Waals surface area contributed by atoms with Crippen LogP contribution in [0.5, 0.6) is 0 Å². The number of nitrogens with one attached hydrogen (secondary N) is 1. The quantitative estimate of drug-likeness (QED) is 0.395. The average molecular weight is 427 g/mol. The Morgan fingerprint density at radius 3 is 2.00 bits per heavy atom. The number of alkyl halides is 6. The van der Waals surface area contributed by atoms with Gasteiger partial charge in [-0.05, 0) is 31.5 Å². The second-order valence-electron chi connectivity index (χ2n) is 5.55. The zero-order chi connectivity index (χ0) is 22.4. The van der Waals surface area contributed by atoms with Crippen LogP contribution in [0.2, 0.25) is 0 Å². The summed E-state index contributed by atoms with van der Waals surface area (Å²) in [6.45, 7) is 1.58. The Kier molecular flexibility index (Phi) is 7.80. The summed E-state index contributed by atoms with van der Waals surface area (Å²) in [5, 5.41) is 10.9. The molecule has 0 heterocycles. The molecule has 1 atom stereocenters. The van der Waals surface area contributed by atoms with E-state index in [4.69, 9.17) is 5.11 Å². The molecule has 2 N–H and O–H groups in total. The minimum absolute atomic E-state index is 0.0549. The van der Waals surface area contributed by atoms with Crippen LogP contribution in [0.25, 0.3) is 0 Å². The molecule has 1 rings (SSSR count). The summed E-state index contributed by atoms with van der Waals surface area (Å²) in [5.74, 6) is -3.87. The molecular weight excluding hydrogens is 412 g/mol. The van der Waals surface area contributed by atoms with E-state index in [1.165, 1.54) is 6.92 Å². The maximum Gasteiger partial charge on any atom is 0.416 e. The monoisotopic (exact) mass is 427 g/mol. The Bertz CT molecular complexity index is 768. The molecule has 12 heteroatoms. The van der Waals surface area contributed by atoms with Crippen LogP contribution >= 0.6 is 0 Å². The fourth-order valence-corrected chi connectivity index (χ4v) is 2.04. The maximum absolute atomic E-state index is 12.8. The first-order valence-electron chi connectivity index (χ1n) is 7.92. The van der Waals surface area contributed by atoms with E-state index < -0.39 is 59.4 Å². The summed E-state index contributed by atoms with van der Waals surface area (Å²) < 4.78 is 81.6. The predicted octanol–water partition coefficient (Wildman–Crippen LogP) is 3.42. The summed E-state index contributed by atoms with van der Waals surface area (Å²) in [7, 11) is 0. The number of benzene rings is 1. The van der Waals surface area contributed by atoms with E-state index in [0.29, 0.717) is 0 Å². The molecular formula is C17H15F6NO5. The topological polar surface area (TPSA) is 92.7 Å². The van der Waals surface area contributed by atoms with Gasteiger partial charge < -0.3 is 15.2 Å². The lowest BCUT2D eigenvalue weighted by Gasteiger charge is -2.16. The number of aliphatic carboxylic acids is 1. The lowest BCUT2D eigenvalue weighted by atomic mass is 10.0. The van der Waals surface area contributed by atoms with Crippen LogP contribution in [-0.2, 0) is 26.7 Å². The first kappa shape index (κ1) is 24.0. The molecule has 0 fully saturated rings. The van der Waals surface area contributed by atoms with Crippen molar-refractivity contribution in [3.05, 3.63) is 47.0 Å². The van der Waals surface area contributed by atoms with Crippen molar-refractivity contribution in [3.63, 3.8) is 0 Å². The lowest BCUT2D eigenvalue weighted by Crippen LogP contribution is -2.40. The largest absolute Gasteiger partial charge is 0.480 e. The number of carboxylic acids is 1. The standard InChI is InChI=1S/C17H15F6NO5/c1-2-29-13(25)5-3-4-12(15(27)28)24-14(26)9-6-10(16(18,19)20)8-11(7-9)17(21,22)23/h3,5-8,12H,2,4H2,1H3,(H,24,26)(H,27,28)/b5-3+/t12-/m1/s1. The number of carbonyl (C=O) groups excluding carboxylic acids is 2. The molecule has 1 aromatic carbocycles. The highest BCUT2D eigenvalue weighted by Gasteiger charge is 2.37. The minimum Gasteiger partial charge on any atom is -0.480 e. The van der Waals surface area contributed by atoms with Gasteiger partial charge in [-0.25, -0.2) is 9.59 Å². The summed E-state index contributed by atoms with van der Waals surface area (Å²) in [4.78, 5) is 34.4. The summed E-state index contributed by atoms with van der Waals surface area (Å²) in [6, 6.07) is -1.51. The summed E-state index contributed by atoms with van der Waals surface area (Å²) >= 11 is 0. The first-order valence-corrected chi connectivity index (χ1v) is 7.92. The van der Waals surface area contributed by atoms with Crippen molar-refractivity contribution in [2.45, 2.75) is 31.7 Å². The molecule has 0 aromatic heterocycles. The second-order valence-corrected chi connectivity index (χ2v) is 5.55. The Balaban J connectivity index is 3.11. The first-order chi connectivity index (χ1) is 13.3. The third kappa shape index (κ3) is 7.47. The smallest absolute Gasteiger partial charge is 0.416 e. The number of carbonyl (C=O) groups is 3. The molecule has 6 nitrogen and oxygen atoms in total. The van der Waals surface area contributed by atoms with Crippen LogP contribution in [0, 0.1) is 0 Å². The van der Waals surface area contributed by atoms with Crippen molar-refractivity contribution in [2.75, 3.05) is 6.61 Å². The van der Waals surface area contributed by atoms with Gasteiger partial charge in [0.2, 0.25) is 0 Å². The van der Waals surface area contributed by atoms with E-state index in [1.807, 2.05) is 5.32 Å². The number of carboxylic acid groups (broad SMARTS) is 1. The molecule has 0 bridgehead atoms. The third-order valence-corrected chi connectivity index (χ3v) is 3.37. The van der Waals surface area contributed by atoms with Crippen LogP contribution in [-0.4, -0.2) is 35.6 Å². The number of esters is 1. The van der Waals surface area contributed by atoms with Gasteiger partial charge >= 0.3 is 24.3 Å². The van der Waals surface area contributed by atoms with Crippen LogP contribution in [0.3, 0.4) is 0 Å². The molecule has 0 spiro atoms. The number of hydrogen-bond donors (Lipinski definition) is 2. The normalized spacial score (nSPS) is 13.2. The minimum atomic E-state index is -5.16. The number of rotatable bonds is 7. The fourth-order valence-electron chi connectivity index (χ4n) is 2.04. The summed E-state index contributed by atoms with van der Waals surface area (Å²) in [5.41, 5.74) is -4.45. The van der Waals surface area contributed by atoms with Gasteiger partial charge in [0.05, 0.1) is 17.7 Å². The van der Waals surface area contributed by atoms with Gasteiger partial charge in [-0.3, -0.25) is 4.79 Å². The van der Waals surface area contributed by atoms with Crippen LogP contribution in [0.15, 0.2) is 30.4 Å². The Morgan fingerprint density at radius 1 is 1.07 bits per heavy atom. The SMILES string of the molecule is CCOC(=O)/C=C/C[C@@H](NC(=O)c1cc(C(F)(F)F)cc(C(F)(F)F)c1)C(=O)O. The zero-order valence-corrected chi connectivity index (χ0v) is 14.7. The van der Waals surface area contributed by atoms with E-state index >= 15 is 0 Å². The number of ether oxygens (including phenoxy) is 1. The second kappa shape index (κ2) is 9.43. The summed E-state index contributed by atoms with van der Waals surface area (Å²) in [6.07, 6.45) is -8.89. The van der Waals surface area contributed by atoms with Crippen molar-refractivity contribution in [1.29, 1.82) is 0 Å². The molecule has 0 saturated heterocycles. The molecule has 0 radical (unpaired) electrons. The van der Waals surface area contributed by atoms with Gasteiger partial charge in [-0.15, -0.1) is 0 Å². The fraction of sp³-hybridized carbons (Fsp3) is 0.353. The highest BCUT2D eigenvalue weighted by Crippen LogP contribution is 2.36. The van der Waals surface area contributed by atoms with Gasteiger partial charge in [-0.1, -0.05) is 6.08 Å². The van der Waals surface area contributed by atoms with Crippen LogP contribution < -0.4 is 5.32 Å². The van der Waals surface area contributed by atoms with Gasteiger partial charge in [0.15, 0.2) is 0 Å². The molecule has 29 heavy (non-hydrogen) atoms. The van der Waals surface area contributed by atoms with E-state index in [2.05, 4.69) is 4.74 Å². The third-order valence-electron chi connectivity index (χ3n) is 3.37. The van der Waals surface area contributed by atoms with Gasteiger partial charge in [0.25, 0.3) is 5.91 Å². The Hall–Kier alpha value is -3.05. The van der Waals surface area contributed by atoms with Crippen molar-refractivity contribution < 1.29 is 50.6 Å². The van der Waals surface area contributed by atoms with Crippen molar-refractivity contribution in [1.82, 2.24) is 5.32 Å². The van der Waals surface area contributed by atoms with Crippen molar-refractivity contribution in [3.8, 4) is 0 Å². The highest BCUT2D eigenvalue weighted by atomic mass is 19.4. The molecule has 0 aliphatic heterocycles. The van der Waals surface area contributed by atoms with Crippen molar-refractivity contribution in [2.24, 2.45) is 0 Å². The van der Waals surface area contributed by atoms with Gasteiger partial charge in [0.1, 0.15) is 6.04 Å². The molecule has 0 unspecified atom stereocenters. The van der Waals surface area contributed by atoms with Gasteiger partial charge in [0, 0.05) is 11.6 Å². The Morgan fingerprint density at radius 2 is 1.59 bits per heavy atom. The molecule has 0 aliphatic rings. The molecule has 0 aliphatic carbocycles. The van der Waals surface area contributed by atoms with E-state index in [1.54, 1.807) is 0 Å². The number of amides is 1. The lowest BCUT2D eigenvalue weighted by molar-refractivity contribution is -0.143. The molecule has 160 valence electrons. The van der Waals surface area contributed by atoms with Crippen molar-refractivity contribution >= 4 is 17.8 Å². The van der Waals surface area contributed by atoms with E-state index in [-0.39, 0.29) is 24.8 Å². The maximum atomic E-state index is 12.8.